The second-order valence-corrected chi connectivity index (χ2v) is 4.78. The second-order valence-electron chi connectivity index (χ2n) is 4.02. The first-order chi connectivity index (χ1) is 9.01. The number of nitrogens with one attached hydrogen (secondary N) is 1. The van der Waals surface area contributed by atoms with Crippen LogP contribution in [0.3, 0.4) is 0 Å². The lowest BCUT2D eigenvalue weighted by molar-refractivity contribution is -0.0656. The summed E-state index contributed by atoms with van der Waals surface area (Å²) in [6.07, 6.45) is -1.72. The van der Waals surface area contributed by atoms with Crippen LogP contribution in [0.5, 0.6) is 0 Å². The third-order valence-electron chi connectivity index (χ3n) is 2.72. The molecule has 1 saturated heterocycles. The van der Waals surface area contributed by atoms with E-state index in [2.05, 4.69) is 10.0 Å². The lowest BCUT2D eigenvalue weighted by atomic mass is 10.1. The Morgan fingerprint density at radius 3 is 3.05 bits per heavy atom. The molecule has 0 bridgehead atoms. The van der Waals surface area contributed by atoms with Gasteiger partial charge in [-0.3, -0.25) is 14.3 Å². The van der Waals surface area contributed by atoms with Crippen molar-refractivity contribution in [3.05, 3.63) is 43.5 Å². The van der Waals surface area contributed by atoms with Crippen LogP contribution in [0.4, 0.5) is 4.39 Å². The monoisotopic (exact) mass is 381 g/mol. The fraction of sp³-hybridized carbons (Fsp3) is 0.556. The second kappa shape index (κ2) is 5.31. The third-order valence-corrected chi connectivity index (χ3v) is 3.92. The molecule has 0 amide bonds. The highest BCUT2D eigenvalue weighted by molar-refractivity contribution is 14.1. The molecule has 2 rings (SSSR count). The Labute approximate surface area is 119 Å². The summed E-state index contributed by atoms with van der Waals surface area (Å²) in [5.41, 5.74) is 5.83. The maximum atomic E-state index is 14.0. The maximum absolute atomic E-state index is 14.0. The van der Waals surface area contributed by atoms with E-state index in [1.165, 1.54) is 0 Å². The van der Waals surface area contributed by atoms with Crippen molar-refractivity contribution in [3.63, 3.8) is 0 Å². The smallest absolute Gasteiger partial charge is 0.330 e. The van der Waals surface area contributed by atoms with E-state index in [0.29, 0.717) is 0 Å². The first-order valence-corrected chi connectivity index (χ1v) is 6.79. The van der Waals surface area contributed by atoms with Crippen molar-refractivity contribution in [3.8, 4) is 0 Å². The van der Waals surface area contributed by atoms with E-state index in [4.69, 9.17) is 10.3 Å². The molecule has 8 nitrogen and oxygen atoms in total. The van der Waals surface area contributed by atoms with Gasteiger partial charge < -0.3 is 4.74 Å². The number of H-pyrrole nitrogens is 1. The SMILES string of the molecule is [N-]=[N+]=N[C@@]1(CI)C[C@H](F)C(n2ccc(=O)[nH]c2=O)O1. The number of alkyl halides is 2. The number of azide groups is 1. The topological polar surface area (TPSA) is 113 Å². The summed E-state index contributed by atoms with van der Waals surface area (Å²) in [6, 6.07) is 1.09. The Morgan fingerprint density at radius 2 is 2.47 bits per heavy atom. The van der Waals surface area contributed by atoms with Crippen LogP contribution in [0.2, 0.25) is 0 Å². The highest BCUT2D eigenvalue weighted by Gasteiger charge is 2.47. The van der Waals surface area contributed by atoms with E-state index >= 15 is 0 Å². The summed E-state index contributed by atoms with van der Waals surface area (Å²) in [6.45, 7) is 0. The van der Waals surface area contributed by atoms with Crippen LogP contribution in [0.1, 0.15) is 12.6 Å². The van der Waals surface area contributed by atoms with Gasteiger partial charge in [-0.05, 0) is 5.53 Å². The fourth-order valence-corrected chi connectivity index (χ4v) is 2.51. The molecule has 1 aliphatic rings. The van der Waals surface area contributed by atoms with Crippen LogP contribution in [-0.2, 0) is 4.74 Å². The van der Waals surface area contributed by atoms with Crippen molar-refractivity contribution in [1.82, 2.24) is 9.55 Å². The predicted molar refractivity (Wildman–Crippen MR) is 71.7 cm³/mol. The molecular formula is C9H9FIN5O3. The molecule has 2 heterocycles. The average molecular weight is 381 g/mol. The summed E-state index contributed by atoms with van der Waals surface area (Å²) in [5, 5.41) is 3.47. The maximum Gasteiger partial charge on any atom is 0.330 e. The van der Waals surface area contributed by atoms with Crippen molar-refractivity contribution in [2.45, 2.75) is 24.5 Å². The van der Waals surface area contributed by atoms with Gasteiger partial charge in [0.25, 0.3) is 5.56 Å². The minimum absolute atomic E-state index is 0.143. The van der Waals surface area contributed by atoms with Gasteiger partial charge in [-0.25, -0.2) is 9.18 Å². The Bertz CT molecular complexity index is 639. The lowest BCUT2D eigenvalue weighted by Crippen LogP contribution is -2.35. The summed E-state index contributed by atoms with van der Waals surface area (Å²) >= 11 is 1.92. The largest absolute Gasteiger partial charge is 0.341 e. The van der Waals surface area contributed by atoms with Crippen LogP contribution < -0.4 is 11.2 Å². The predicted octanol–water partition coefficient (Wildman–Crippen LogP) is 1.24. The van der Waals surface area contributed by atoms with Crippen LogP contribution in [0, 0.1) is 0 Å². The number of hydrogen-bond acceptors (Lipinski definition) is 4. The number of rotatable bonds is 3. The van der Waals surface area contributed by atoms with Gasteiger partial charge in [0.1, 0.15) is 6.17 Å². The fourth-order valence-electron chi connectivity index (χ4n) is 1.87. The number of nitrogens with zero attached hydrogens (tertiary/aromatic N) is 4. The number of halogens is 2. The van der Waals surface area contributed by atoms with Gasteiger partial charge in [0.15, 0.2) is 12.0 Å². The van der Waals surface area contributed by atoms with Crippen LogP contribution >= 0.6 is 22.6 Å². The minimum Gasteiger partial charge on any atom is -0.341 e. The third kappa shape index (κ3) is 2.65. The molecule has 1 aromatic rings. The highest BCUT2D eigenvalue weighted by Crippen LogP contribution is 2.40. The Hall–Kier alpha value is -1.39. The van der Waals surface area contributed by atoms with E-state index < -0.39 is 29.4 Å². The van der Waals surface area contributed by atoms with E-state index in [1.807, 2.05) is 27.6 Å². The Kier molecular flexibility index (Phi) is 3.92. The van der Waals surface area contributed by atoms with Crippen molar-refractivity contribution in [2.75, 3.05) is 4.43 Å². The molecule has 1 N–H and O–H groups in total. The molecule has 1 aromatic heterocycles. The standard InChI is InChI=1S/C9H9FIN5O3/c10-5-3-9(4-11,14-15-12)19-7(5)16-2-1-6(17)13-8(16)18/h1-2,5,7H,3-4H2,(H,13,17,18)/t5-,7?,9-/m0/s1. The summed E-state index contributed by atoms with van der Waals surface area (Å²) in [4.78, 5) is 27.2. The molecule has 0 radical (unpaired) electrons. The van der Waals surface area contributed by atoms with Crippen LogP contribution in [0.25, 0.3) is 10.4 Å². The van der Waals surface area contributed by atoms with Gasteiger partial charge in [0, 0.05) is 28.0 Å². The number of hydrogen-bond donors (Lipinski definition) is 1. The normalized spacial score (nSPS) is 30.0. The zero-order valence-corrected chi connectivity index (χ0v) is 11.7. The molecule has 0 aromatic carbocycles. The minimum atomic E-state index is -1.51. The van der Waals surface area contributed by atoms with Crippen LogP contribution in [0.15, 0.2) is 27.0 Å². The Balaban J connectivity index is 2.39. The molecule has 10 heteroatoms. The summed E-state index contributed by atoms with van der Waals surface area (Å²) in [5.74, 6) is 0. The average Bonchev–Trinajstić information content (AvgIpc) is 2.68. The zero-order valence-electron chi connectivity index (χ0n) is 9.49. The molecule has 3 atom stereocenters. The molecule has 0 saturated carbocycles. The zero-order chi connectivity index (χ0) is 14.0. The highest BCUT2D eigenvalue weighted by atomic mass is 127. The van der Waals surface area contributed by atoms with Gasteiger partial charge in [-0.2, -0.15) is 0 Å². The number of ether oxygens (including phenoxy) is 1. The summed E-state index contributed by atoms with van der Waals surface area (Å²) < 4.78 is 20.6. The first-order valence-electron chi connectivity index (χ1n) is 5.27. The van der Waals surface area contributed by atoms with E-state index in [-0.39, 0.29) is 10.8 Å². The molecule has 19 heavy (non-hydrogen) atoms. The van der Waals surface area contributed by atoms with Crippen LogP contribution in [-0.4, -0.2) is 25.9 Å². The summed E-state index contributed by atoms with van der Waals surface area (Å²) in [7, 11) is 0. The lowest BCUT2D eigenvalue weighted by Gasteiger charge is -2.21. The van der Waals surface area contributed by atoms with E-state index in [1.54, 1.807) is 0 Å². The van der Waals surface area contributed by atoms with E-state index in [0.717, 1.165) is 16.8 Å². The molecular weight excluding hydrogens is 372 g/mol. The van der Waals surface area contributed by atoms with Crippen molar-refractivity contribution in [1.29, 1.82) is 0 Å². The molecule has 1 unspecified atom stereocenters. The van der Waals surface area contributed by atoms with Gasteiger partial charge in [-0.1, -0.05) is 27.7 Å². The van der Waals surface area contributed by atoms with Gasteiger partial charge in [0.05, 0.1) is 0 Å². The van der Waals surface area contributed by atoms with Crippen molar-refractivity contribution >= 4 is 22.6 Å². The quantitative estimate of drug-likeness (QED) is 0.279. The molecule has 1 fully saturated rings. The van der Waals surface area contributed by atoms with E-state index in [9.17, 15) is 14.0 Å². The molecule has 0 aliphatic carbocycles. The van der Waals surface area contributed by atoms with Crippen molar-refractivity contribution < 1.29 is 9.13 Å². The van der Waals surface area contributed by atoms with Gasteiger partial charge in [0.2, 0.25) is 0 Å². The van der Waals surface area contributed by atoms with Gasteiger partial charge in [-0.15, -0.1) is 0 Å². The molecule has 1 aliphatic heterocycles. The first kappa shape index (κ1) is 14.0. The van der Waals surface area contributed by atoms with Crippen molar-refractivity contribution in [2.24, 2.45) is 5.11 Å². The number of aromatic nitrogens is 2. The Morgan fingerprint density at radius 1 is 1.74 bits per heavy atom. The molecule has 0 spiro atoms. The molecule has 102 valence electrons. The van der Waals surface area contributed by atoms with Gasteiger partial charge >= 0.3 is 5.69 Å². The number of aromatic amines is 1.